The van der Waals surface area contributed by atoms with E-state index in [1.807, 2.05) is 61.5 Å². The number of rotatable bonds is 10. The molecule has 0 spiro atoms. The van der Waals surface area contributed by atoms with Gasteiger partial charge in [0, 0.05) is 13.1 Å². The number of furan rings is 1. The van der Waals surface area contributed by atoms with Gasteiger partial charge in [-0.3, -0.25) is 14.4 Å². The fourth-order valence-electron chi connectivity index (χ4n) is 4.15. The van der Waals surface area contributed by atoms with E-state index in [9.17, 15) is 14.4 Å². The minimum absolute atomic E-state index is 0.0349. The molecule has 0 saturated heterocycles. The van der Waals surface area contributed by atoms with Crippen molar-refractivity contribution in [2.24, 2.45) is 5.73 Å². The summed E-state index contributed by atoms with van der Waals surface area (Å²) >= 11 is 0.776. The first-order valence-corrected chi connectivity index (χ1v) is 12.8. The summed E-state index contributed by atoms with van der Waals surface area (Å²) in [5.74, 6) is -0.887. The van der Waals surface area contributed by atoms with Crippen LogP contribution < -0.4 is 16.8 Å². The van der Waals surface area contributed by atoms with Gasteiger partial charge in [-0.05, 0) is 60.6 Å². The van der Waals surface area contributed by atoms with Crippen molar-refractivity contribution in [2.75, 3.05) is 12.3 Å². The smallest absolute Gasteiger partial charge is 0.270 e. The molecule has 1 unspecified atom stereocenters. The van der Waals surface area contributed by atoms with E-state index >= 15 is 0 Å². The molecule has 0 fully saturated rings. The lowest BCUT2D eigenvalue weighted by atomic mass is 10.0. The highest BCUT2D eigenvalue weighted by Crippen LogP contribution is 2.30. The van der Waals surface area contributed by atoms with Crippen molar-refractivity contribution in [3.8, 4) is 0 Å². The van der Waals surface area contributed by atoms with Gasteiger partial charge in [0.2, 0.25) is 0 Å². The van der Waals surface area contributed by atoms with Crippen molar-refractivity contribution < 1.29 is 18.8 Å². The van der Waals surface area contributed by atoms with Gasteiger partial charge >= 0.3 is 0 Å². The summed E-state index contributed by atoms with van der Waals surface area (Å²) in [5.41, 5.74) is 14.2. The molecule has 5 N–H and O–H groups in total. The minimum Gasteiger partial charge on any atom is -0.464 e. The van der Waals surface area contributed by atoms with E-state index in [1.165, 1.54) is 4.90 Å². The molecule has 2 aromatic heterocycles. The molecule has 2 aromatic carbocycles. The molecule has 0 radical (unpaired) electrons. The molecule has 4 rings (SSSR count). The lowest BCUT2D eigenvalue weighted by molar-refractivity contribution is -0.126. The number of nitrogens with two attached hydrogens (primary N) is 2. The Morgan fingerprint density at radius 3 is 2.37 bits per heavy atom. The Bertz CT molecular complexity index is 1450. The van der Waals surface area contributed by atoms with E-state index in [0.29, 0.717) is 17.9 Å². The highest BCUT2D eigenvalue weighted by atomic mass is 32.1. The van der Waals surface area contributed by atoms with Crippen molar-refractivity contribution in [1.29, 1.82) is 0 Å². The second-order valence-corrected chi connectivity index (χ2v) is 9.64. The van der Waals surface area contributed by atoms with Gasteiger partial charge in [-0.1, -0.05) is 54.6 Å². The van der Waals surface area contributed by atoms with Crippen LogP contribution in [0.4, 0.5) is 5.69 Å². The maximum Gasteiger partial charge on any atom is 0.270 e. The zero-order chi connectivity index (χ0) is 27.2. The molecular formula is C28H29N5O4S. The topological polar surface area (TPSA) is 145 Å². The molecule has 0 aliphatic heterocycles. The number of hydrogen-bond donors (Lipinski definition) is 3. The minimum atomic E-state index is -1.09. The van der Waals surface area contributed by atoms with Crippen molar-refractivity contribution in [3.05, 3.63) is 106 Å². The van der Waals surface area contributed by atoms with Crippen LogP contribution in [0, 0.1) is 13.8 Å². The van der Waals surface area contributed by atoms with E-state index in [4.69, 9.17) is 15.9 Å². The Hall–Kier alpha value is -4.44. The van der Waals surface area contributed by atoms with Crippen molar-refractivity contribution in [2.45, 2.75) is 32.9 Å². The number of carbonyl (C=O) groups excluding carboxylic acids is 3. The maximum atomic E-state index is 14.0. The Morgan fingerprint density at radius 1 is 1.03 bits per heavy atom. The van der Waals surface area contributed by atoms with Crippen LogP contribution >= 0.6 is 11.5 Å². The summed E-state index contributed by atoms with van der Waals surface area (Å²) in [4.78, 5) is 40.8. The van der Waals surface area contributed by atoms with E-state index in [2.05, 4.69) is 9.69 Å². The highest BCUT2D eigenvalue weighted by molar-refractivity contribution is 7.09. The predicted octanol–water partition coefficient (Wildman–Crippen LogP) is 3.78. The van der Waals surface area contributed by atoms with Crippen LogP contribution in [0.15, 0.2) is 71.1 Å². The number of benzene rings is 2. The third kappa shape index (κ3) is 5.92. The van der Waals surface area contributed by atoms with E-state index < -0.39 is 23.8 Å². The number of carbonyl (C=O) groups is 3. The number of primary amides is 1. The number of nitrogens with one attached hydrogen (secondary N) is 1. The number of nitrogen functional groups attached to an aromatic ring is 1. The number of amides is 3. The van der Waals surface area contributed by atoms with Crippen LogP contribution in [0.1, 0.15) is 54.4 Å². The van der Waals surface area contributed by atoms with Gasteiger partial charge in [-0.2, -0.15) is 4.37 Å². The van der Waals surface area contributed by atoms with Gasteiger partial charge in [-0.25, -0.2) is 0 Å². The summed E-state index contributed by atoms with van der Waals surface area (Å²) < 4.78 is 9.84. The van der Waals surface area contributed by atoms with E-state index in [-0.39, 0.29) is 29.3 Å². The van der Waals surface area contributed by atoms with Gasteiger partial charge in [0.1, 0.15) is 16.4 Å². The van der Waals surface area contributed by atoms with Crippen LogP contribution in [0.2, 0.25) is 0 Å². The fraction of sp³-hybridized carbons (Fsp3) is 0.214. The lowest BCUT2D eigenvalue weighted by Gasteiger charge is -2.30. The quantitative estimate of drug-likeness (QED) is 0.284. The zero-order valence-corrected chi connectivity index (χ0v) is 22.0. The molecule has 196 valence electrons. The molecule has 3 amide bonds. The van der Waals surface area contributed by atoms with Gasteiger partial charge in [0.05, 0.1) is 5.69 Å². The molecule has 10 heteroatoms. The van der Waals surface area contributed by atoms with Gasteiger partial charge < -0.3 is 26.1 Å². The molecule has 0 saturated carbocycles. The number of aromatic nitrogens is 1. The molecule has 0 aliphatic rings. The first-order chi connectivity index (χ1) is 18.3. The Balaban J connectivity index is 1.72. The summed E-state index contributed by atoms with van der Waals surface area (Å²) in [7, 11) is 0. The second kappa shape index (κ2) is 11.7. The summed E-state index contributed by atoms with van der Waals surface area (Å²) in [5, 5.41) is 2.93. The monoisotopic (exact) mass is 531 g/mol. The fourth-order valence-corrected chi connectivity index (χ4v) is 4.91. The summed E-state index contributed by atoms with van der Waals surface area (Å²) in [6.07, 6.45) is 0.474. The van der Waals surface area contributed by atoms with Crippen molar-refractivity contribution in [3.63, 3.8) is 0 Å². The maximum absolute atomic E-state index is 14.0. The third-order valence-electron chi connectivity index (χ3n) is 6.20. The first kappa shape index (κ1) is 26.6. The summed E-state index contributed by atoms with van der Waals surface area (Å²) in [6, 6.07) is 19.6. The number of hydrogen-bond acceptors (Lipinski definition) is 7. The Kier molecular flexibility index (Phi) is 8.22. The van der Waals surface area contributed by atoms with Gasteiger partial charge in [0.15, 0.2) is 11.7 Å². The second-order valence-electron chi connectivity index (χ2n) is 8.87. The Labute approximate surface area is 224 Å². The molecule has 4 aromatic rings. The summed E-state index contributed by atoms with van der Waals surface area (Å²) in [6.45, 7) is 4.20. The molecule has 38 heavy (non-hydrogen) atoms. The number of anilines is 1. The van der Waals surface area contributed by atoms with Crippen LogP contribution in [-0.4, -0.2) is 33.5 Å². The third-order valence-corrected chi connectivity index (χ3v) is 7.05. The van der Waals surface area contributed by atoms with Gasteiger partial charge in [0.25, 0.3) is 17.7 Å². The number of aryl methyl sites for hydroxylation is 2. The molecule has 2 heterocycles. The average molecular weight is 532 g/mol. The molecular weight excluding hydrogens is 502 g/mol. The largest absolute Gasteiger partial charge is 0.464 e. The molecule has 0 aliphatic carbocycles. The molecule has 1 atom stereocenters. The van der Waals surface area contributed by atoms with Gasteiger partial charge in [-0.15, -0.1) is 0 Å². The van der Waals surface area contributed by atoms with Crippen molar-refractivity contribution in [1.82, 2.24) is 14.6 Å². The predicted molar refractivity (Wildman–Crippen MR) is 145 cm³/mol. The number of nitrogens with zero attached hydrogens (tertiary/aromatic N) is 2. The Morgan fingerprint density at radius 2 is 1.74 bits per heavy atom. The van der Waals surface area contributed by atoms with E-state index in [0.717, 1.165) is 28.2 Å². The average Bonchev–Trinajstić information content (AvgIpc) is 3.51. The normalized spacial score (nSPS) is 11.6. The standard InChI is InChI=1S/C28H29N5O4S/c1-17-8-6-7-11-20(17)14-15-33(28(36)25-22(29)23(26(30)34)32-38-25)24(21-13-12-18(2)37-21)27(35)31-16-19-9-4-3-5-10-19/h3-13,24H,14-16,29H2,1-2H3,(H2,30,34)(H,31,35). The zero-order valence-electron chi connectivity index (χ0n) is 21.1. The van der Waals surface area contributed by atoms with Crippen LogP contribution in [0.25, 0.3) is 0 Å². The SMILES string of the molecule is Cc1ccc(C(C(=O)NCc2ccccc2)N(CCc2ccccc2C)C(=O)c2snc(C(N)=O)c2N)o1. The first-order valence-electron chi connectivity index (χ1n) is 12.0. The van der Waals surface area contributed by atoms with Crippen LogP contribution in [-0.2, 0) is 17.8 Å². The van der Waals surface area contributed by atoms with E-state index in [1.54, 1.807) is 19.1 Å². The highest BCUT2D eigenvalue weighted by Gasteiger charge is 2.36. The molecule has 9 nitrogen and oxygen atoms in total. The lowest BCUT2D eigenvalue weighted by Crippen LogP contribution is -2.44. The van der Waals surface area contributed by atoms with Crippen molar-refractivity contribution >= 4 is 34.9 Å². The molecule has 0 bridgehead atoms. The van der Waals surface area contributed by atoms with Crippen LogP contribution in [0.5, 0.6) is 0 Å². The van der Waals surface area contributed by atoms with Crippen LogP contribution in [0.3, 0.4) is 0 Å².